The molecule has 0 aromatic carbocycles. The number of carbonyl (C=O) groups is 1. The maximum Gasteiger partial charge on any atom is 0.241 e. The number of nitrogens with one attached hydrogen (secondary N) is 1. The number of hydrogen-bond donors (Lipinski definition) is 2. The zero-order valence-electron chi connectivity index (χ0n) is 9.21. The smallest absolute Gasteiger partial charge is 0.241 e. The molecule has 0 saturated carbocycles. The molecule has 0 fully saturated rings. The molecule has 0 aliphatic carbocycles. The van der Waals surface area contributed by atoms with Gasteiger partial charge in [0.25, 0.3) is 0 Å². The highest BCUT2D eigenvalue weighted by atomic mass is 16.2. The van der Waals surface area contributed by atoms with Crippen molar-refractivity contribution < 1.29 is 4.79 Å². The molecule has 1 amide bonds. The Morgan fingerprint density at radius 2 is 2.00 bits per heavy atom. The van der Waals surface area contributed by atoms with Crippen molar-refractivity contribution in [2.75, 3.05) is 0 Å². The highest BCUT2D eigenvalue weighted by Gasteiger charge is 2.18. The molecule has 0 radical (unpaired) electrons. The van der Waals surface area contributed by atoms with E-state index in [1.165, 1.54) is 0 Å². The van der Waals surface area contributed by atoms with Crippen LogP contribution in [0.2, 0.25) is 0 Å². The van der Waals surface area contributed by atoms with E-state index < -0.39 is 6.04 Å². The number of hydrogen-bond acceptors (Lipinski definition) is 2. The van der Waals surface area contributed by atoms with Gasteiger partial charge in [-0.3, -0.25) is 4.79 Å². The minimum atomic E-state index is -0.629. The van der Waals surface area contributed by atoms with Gasteiger partial charge >= 0.3 is 0 Å². The monoisotopic (exact) mass is 196 g/mol. The lowest BCUT2D eigenvalue weighted by Gasteiger charge is -2.21. The molecule has 0 bridgehead atoms. The Hall–Kier alpha value is -1.09. The van der Waals surface area contributed by atoms with Crippen LogP contribution < -0.4 is 11.1 Å². The summed E-state index contributed by atoms with van der Waals surface area (Å²) >= 11 is 0. The van der Waals surface area contributed by atoms with Gasteiger partial charge in [0, 0.05) is 6.04 Å². The predicted octanol–water partition coefficient (Wildman–Crippen LogP) is 1.22. The zero-order chi connectivity index (χ0) is 11.3. The number of carbonyl (C=O) groups excluding carboxylic acids is 1. The van der Waals surface area contributed by atoms with E-state index >= 15 is 0 Å². The zero-order valence-corrected chi connectivity index (χ0v) is 9.21. The minimum absolute atomic E-state index is 0.0344. The summed E-state index contributed by atoms with van der Waals surface area (Å²) in [7, 11) is 0. The van der Waals surface area contributed by atoms with E-state index in [-0.39, 0.29) is 11.9 Å². The fourth-order valence-electron chi connectivity index (χ4n) is 0.976. The summed E-state index contributed by atoms with van der Waals surface area (Å²) in [6.45, 7) is 13.1. The summed E-state index contributed by atoms with van der Waals surface area (Å²) in [5.74, 6) is 0.116. The molecule has 2 atom stereocenters. The van der Waals surface area contributed by atoms with Gasteiger partial charge in [-0.2, -0.15) is 0 Å². The van der Waals surface area contributed by atoms with Crippen molar-refractivity contribution >= 4 is 5.91 Å². The Labute approximate surface area is 86.1 Å². The second kappa shape index (κ2) is 5.60. The Morgan fingerprint density at radius 1 is 1.50 bits per heavy atom. The fraction of sp³-hybridized carbons (Fsp3) is 0.545. The standard InChI is InChI=1S/C11H20N2O/c1-6-9(7(2)3)13-11(14)10(12)8(4)5/h6-7,9-10H,1,4,12H2,2-3,5H3,(H,13,14). The average molecular weight is 196 g/mol. The van der Waals surface area contributed by atoms with Gasteiger partial charge < -0.3 is 11.1 Å². The Kier molecular flexibility index (Phi) is 5.16. The molecule has 14 heavy (non-hydrogen) atoms. The molecular formula is C11H20N2O. The van der Waals surface area contributed by atoms with Crippen molar-refractivity contribution in [3.05, 3.63) is 24.8 Å². The maximum absolute atomic E-state index is 11.5. The van der Waals surface area contributed by atoms with Crippen LogP contribution in [0.5, 0.6) is 0 Å². The first-order valence-electron chi connectivity index (χ1n) is 4.74. The SMILES string of the molecule is C=CC(NC(=O)C(N)C(=C)C)C(C)C. The molecule has 0 rings (SSSR count). The summed E-state index contributed by atoms with van der Waals surface area (Å²) in [5, 5.41) is 2.80. The normalized spacial score (nSPS) is 14.6. The molecule has 3 N–H and O–H groups in total. The van der Waals surface area contributed by atoms with Crippen LogP contribution in [-0.4, -0.2) is 18.0 Å². The highest BCUT2D eigenvalue weighted by molar-refractivity contribution is 5.84. The van der Waals surface area contributed by atoms with E-state index in [1.807, 2.05) is 13.8 Å². The van der Waals surface area contributed by atoms with Gasteiger partial charge in [0.05, 0.1) is 0 Å². The molecule has 0 saturated heterocycles. The van der Waals surface area contributed by atoms with Crippen molar-refractivity contribution in [1.82, 2.24) is 5.32 Å². The highest BCUT2D eigenvalue weighted by Crippen LogP contribution is 2.03. The lowest BCUT2D eigenvalue weighted by atomic mass is 10.0. The second-order valence-electron chi connectivity index (χ2n) is 3.84. The lowest BCUT2D eigenvalue weighted by Crippen LogP contribution is -2.46. The van der Waals surface area contributed by atoms with Crippen LogP contribution in [0, 0.1) is 5.92 Å². The summed E-state index contributed by atoms with van der Waals surface area (Å²) in [4.78, 5) is 11.5. The largest absolute Gasteiger partial charge is 0.348 e. The van der Waals surface area contributed by atoms with Crippen molar-refractivity contribution in [1.29, 1.82) is 0 Å². The molecule has 2 unspecified atom stereocenters. The van der Waals surface area contributed by atoms with Crippen LogP contribution in [0.15, 0.2) is 24.8 Å². The first-order valence-corrected chi connectivity index (χ1v) is 4.74. The van der Waals surface area contributed by atoms with Gasteiger partial charge in [-0.05, 0) is 12.8 Å². The molecular weight excluding hydrogens is 176 g/mol. The first kappa shape index (κ1) is 12.9. The maximum atomic E-state index is 11.5. The van der Waals surface area contributed by atoms with Gasteiger partial charge in [0.2, 0.25) is 5.91 Å². The molecule has 0 aromatic rings. The van der Waals surface area contributed by atoms with Gasteiger partial charge in [-0.15, -0.1) is 6.58 Å². The number of rotatable bonds is 5. The molecule has 3 heteroatoms. The van der Waals surface area contributed by atoms with E-state index in [0.29, 0.717) is 11.5 Å². The average Bonchev–Trinajstić information content (AvgIpc) is 2.11. The summed E-state index contributed by atoms with van der Waals surface area (Å²) < 4.78 is 0. The molecule has 0 heterocycles. The van der Waals surface area contributed by atoms with E-state index in [2.05, 4.69) is 18.5 Å². The van der Waals surface area contributed by atoms with Gasteiger partial charge in [0.15, 0.2) is 0 Å². The summed E-state index contributed by atoms with van der Waals surface area (Å²) in [5.41, 5.74) is 6.28. The third kappa shape index (κ3) is 3.75. The minimum Gasteiger partial charge on any atom is -0.348 e. The first-order chi connectivity index (χ1) is 6.40. The Balaban J connectivity index is 4.29. The quantitative estimate of drug-likeness (QED) is 0.649. The van der Waals surface area contributed by atoms with Gasteiger partial charge in [0.1, 0.15) is 6.04 Å². The molecule has 0 spiro atoms. The van der Waals surface area contributed by atoms with E-state index in [1.54, 1.807) is 13.0 Å². The third-order valence-electron chi connectivity index (χ3n) is 2.09. The van der Waals surface area contributed by atoms with Crippen molar-refractivity contribution in [3.8, 4) is 0 Å². The van der Waals surface area contributed by atoms with Crippen LogP contribution in [0.3, 0.4) is 0 Å². The number of nitrogens with two attached hydrogens (primary N) is 1. The topological polar surface area (TPSA) is 55.1 Å². The van der Waals surface area contributed by atoms with Crippen LogP contribution in [0.4, 0.5) is 0 Å². The van der Waals surface area contributed by atoms with Crippen LogP contribution in [0.1, 0.15) is 20.8 Å². The van der Waals surface area contributed by atoms with Crippen LogP contribution >= 0.6 is 0 Å². The molecule has 3 nitrogen and oxygen atoms in total. The van der Waals surface area contributed by atoms with Crippen LogP contribution in [0.25, 0.3) is 0 Å². The molecule has 0 aromatic heterocycles. The molecule has 0 aliphatic heterocycles. The van der Waals surface area contributed by atoms with Gasteiger partial charge in [-0.25, -0.2) is 0 Å². The van der Waals surface area contributed by atoms with Gasteiger partial charge in [-0.1, -0.05) is 32.1 Å². The number of amides is 1. The van der Waals surface area contributed by atoms with E-state index in [0.717, 1.165) is 0 Å². The van der Waals surface area contributed by atoms with E-state index in [4.69, 9.17) is 5.73 Å². The second-order valence-corrected chi connectivity index (χ2v) is 3.84. The summed E-state index contributed by atoms with van der Waals surface area (Å²) in [6, 6.07) is -0.663. The van der Waals surface area contributed by atoms with Crippen molar-refractivity contribution in [3.63, 3.8) is 0 Å². The predicted molar refractivity (Wildman–Crippen MR) is 59.8 cm³/mol. The Bertz CT molecular complexity index is 233. The van der Waals surface area contributed by atoms with Crippen molar-refractivity contribution in [2.45, 2.75) is 32.9 Å². The Morgan fingerprint density at radius 3 is 2.29 bits per heavy atom. The van der Waals surface area contributed by atoms with E-state index in [9.17, 15) is 4.79 Å². The third-order valence-corrected chi connectivity index (χ3v) is 2.09. The molecule has 0 aliphatic rings. The lowest BCUT2D eigenvalue weighted by molar-refractivity contribution is -0.122. The molecule has 80 valence electrons. The van der Waals surface area contributed by atoms with Crippen molar-refractivity contribution in [2.24, 2.45) is 11.7 Å². The summed E-state index contributed by atoms with van der Waals surface area (Å²) in [6.07, 6.45) is 1.72. The van der Waals surface area contributed by atoms with Crippen LogP contribution in [-0.2, 0) is 4.79 Å². The fourth-order valence-corrected chi connectivity index (χ4v) is 0.976.